The van der Waals surface area contributed by atoms with Gasteiger partial charge in [-0.15, -0.1) is 0 Å². The molecule has 0 saturated carbocycles. The number of rotatable bonds is 112. The zero-order valence-corrected chi connectivity index (χ0v) is 90.8. The summed E-state index contributed by atoms with van der Waals surface area (Å²) in [4.78, 5) is 85.1. The Morgan fingerprint density at radius 1 is 0.153 bits per heavy atom. The number of carbonyl (C=O) groups excluding carboxylic acids is 6. The van der Waals surface area contributed by atoms with Gasteiger partial charge in [-0.05, 0) is 116 Å². The van der Waals surface area contributed by atoms with Crippen LogP contribution < -0.4 is 0 Å². The lowest BCUT2D eigenvalue weighted by Crippen LogP contribution is -2.47. The average Bonchev–Trinajstić information content (AvgIpc) is 0.836. The molecule has 0 bridgehead atoms. The Hall–Kier alpha value is -3.46. The Balaban J connectivity index is 7.40. The predicted octanol–water partition coefficient (Wildman–Crippen LogP) is 31.6. The first-order valence-corrected chi connectivity index (χ1v) is 59.4. The first-order valence-electron chi connectivity index (χ1n) is 59.4. The molecule has 0 saturated heterocycles. The van der Waals surface area contributed by atoms with Crippen LogP contribution >= 0.6 is 0 Å². The Bertz CT molecular complexity index is 2160. The van der Waals surface area contributed by atoms with Crippen LogP contribution in [0.3, 0.4) is 0 Å². The van der Waals surface area contributed by atoms with Gasteiger partial charge in [0.1, 0.15) is 39.6 Å². The molecule has 19 heteroatoms. The van der Waals surface area contributed by atoms with Crippen molar-refractivity contribution >= 4 is 35.8 Å². The number of hydrogen-bond donors (Lipinski definition) is 6. The van der Waals surface area contributed by atoms with Crippen LogP contribution in [0.2, 0.25) is 0 Å². The van der Waals surface area contributed by atoms with E-state index >= 15 is 0 Å². The minimum absolute atomic E-state index is 0.145. The maximum absolute atomic E-state index is 14.2. The van der Waals surface area contributed by atoms with Gasteiger partial charge in [-0.1, -0.05) is 465 Å². The van der Waals surface area contributed by atoms with Gasteiger partial charge in [0, 0.05) is 38.5 Å². The van der Waals surface area contributed by atoms with Crippen LogP contribution in [-0.2, 0) is 61.9 Å². The summed E-state index contributed by atoms with van der Waals surface area (Å²) in [5, 5.41) is 63.2. The monoisotopic (exact) mass is 1950 g/mol. The molecule has 6 unspecified atom stereocenters. The smallest absolute Gasteiger partial charge is 0.305 e. The van der Waals surface area contributed by atoms with Gasteiger partial charge in [-0.2, -0.15) is 0 Å². The fraction of sp³-hybridized carbons (Fsp3) is 0.949. The highest BCUT2D eigenvalue weighted by Crippen LogP contribution is 2.31. The third kappa shape index (κ3) is 94.6. The van der Waals surface area contributed by atoms with Crippen molar-refractivity contribution in [2.75, 3.05) is 52.9 Å². The Labute approximate surface area is 843 Å². The van der Waals surface area contributed by atoms with Crippen LogP contribution in [0, 0.1) is 10.8 Å². The van der Waals surface area contributed by atoms with E-state index in [9.17, 15) is 59.4 Å². The summed E-state index contributed by atoms with van der Waals surface area (Å²) in [5.74, 6) is -2.71. The summed E-state index contributed by atoms with van der Waals surface area (Å²) in [7, 11) is 0. The van der Waals surface area contributed by atoms with E-state index < -0.39 is 46.6 Å². The van der Waals surface area contributed by atoms with E-state index in [1.807, 2.05) is 0 Å². The molecule has 0 aliphatic carbocycles. The first-order chi connectivity index (χ1) is 66.8. The fourth-order valence-corrected chi connectivity index (χ4v) is 18.8. The van der Waals surface area contributed by atoms with E-state index in [1.54, 1.807) is 0 Å². The molecule has 0 amide bonds. The number of carbonyl (C=O) groups is 6. The highest BCUT2D eigenvalue weighted by molar-refractivity contribution is 5.71. The van der Waals surface area contributed by atoms with Gasteiger partial charge in [0.2, 0.25) is 0 Å². The quantitative estimate of drug-likeness (QED) is 0.0187. The maximum Gasteiger partial charge on any atom is 0.305 e. The fourth-order valence-electron chi connectivity index (χ4n) is 18.8. The van der Waals surface area contributed by atoms with Gasteiger partial charge < -0.3 is 63.8 Å². The van der Waals surface area contributed by atoms with Gasteiger partial charge in [0.15, 0.2) is 0 Å². The van der Waals surface area contributed by atoms with Crippen molar-refractivity contribution in [1.29, 1.82) is 0 Å². The molecule has 812 valence electrons. The molecule has 0 radical (unpaired) electrons. The number of aliphatic hydroxyl groups excluding tert-OH is 6. The lowest BCUT2D eigenvalue weighted by Gasteiger charge is -2.35. The van der Waals surface area contributed by atoms with Crippen molar-refractivity contribution in [2.24, 2.45) is 10.8 Å². The van der Waals surface area contributed by atoms with Gasteiger partial charge in [0.25, 0.3) is 0 Å². The number of unbranched alkanes of at least 4 members (excludes halogenated alkanes) is 60. The molecule has 0 spiro atoms. The van der Waals surface area contributed by atoms with Crippen molar-refractivity contribution in [3.63, 3.8) is 0 Å². The second-order valence-corrected chi connectivity index (χ2v) is 42.7. The zero-order chi connectivity index (χ0) is 100. The number of ether oxygens (including phenoxy) is 7. The van der Waals surface area contributed by atoms with Crippen molar-refractivity contribution < 1.29 is 92.6 Å². The highest BCUT2D eigenvalue weighted by atomic mass is 16.6. The Morgan fingerprint density at radius 3 is 0.372 bits per heavy atom. The van der Waals surface area contributed by atoms with Crippen molar-refractivity contribution in [1.82, 2.24) is 0 Å². The molecule has 0 aromatic heterocycles. The van der Waals surface area contributed by atoms with E-state index in [4.69, 9.17) is 33.2 Å². The van der Waals surface area contributed by atoms with Gasteiger partial charge in [-0.3, -0.25) is 28.8 Å². The van der Waals surface area contributed by atoms with Gasteiger partial charge >= 0.3 is 35.8 Å². The lowest BCUT2D eigenvalue weighted by atomic mass is 9.90. The summed E-state index contributed by atoms with van der Waals surface area (Å²) in [6.45, 7) is 10.6. The molecular formula is C118H226O19. The summed E-state index contributed by atoms with van der Waals surface area (Å²) >= 11 is 0. The predicted molar refractivity (Wildman–Crippen MR) is 567 cm³/mol. The molecule has 137 heavy (non-hydrogen) atoms. The van der Waals surface area contributed by atoms with E-state index in [0.717, 1.165) is 385 Å². The normalized spacial score (nSPS) is 13.9. The van der Waals surface area contributed by atoms with Gasteiger partial charge in [0.05, 0.1) is 60.7 Å². The largest absolute Gasteiger partial charge is 0.465 e. The van der Waals surface area contributed by atoms with Crippen LogP contribution in [-0.4, -0.2) is 156 Å². The maximum atomic E-state index is 14.2. The molecule has 19 nitrogen and oxygen atoms in total. The van der Waals surface area contributed by atoms with Crippen LogP contribution in [0.15, 0.2) is 0 Å². The molecule has 0 heterocycles. The Morgan fingerprint density at radius 2 is 0.255 bits per heavy atom. The minimum Gasteiger partial charge on any atom is -0.465 e. The molecule has 0 aromatic carbocycles. The molecule has 0 aromatic rings. The average molecular weight is 1950 g/mol. The van der Waals surface area contributed by atoms with Crippen molar-refractivity contribution in [3.05, 3.63) is 0 Å². The summed E-state index contributed by atoms with van der Waals surface area (Å²) < 4.78 is 44.4. The Kier molecular flexibility index (Phi) is 100.0. The second kappa shape index (κ2) is 103. The van der Waals surface area contributed by atoms with E-state index in [-0.39, 0.29) is 128 Å². The molecule has 0 aliphatic rings. The van der Waals surface area contributed by atoms with E-state index in [0.29, 0.717) is 38.5 Å². The van der Waals surface area contributed by atoms with E-state index in [2.05, 4.69) is 41.5 Å². The SMILES string of the molecule is CCCCCCC(O)CCCCCCCCCCC(=O)OCC(COCC(COC(=O)CCCCCCCCCCC(O)CCCCCC)(COC(=O)CCCCCCCCCCC(O)CCCCCC)COC(=O)CCCCCCCCCCC(O)CCCCCC)(COC(=O)CCCCCCCCCCC(O)CCCCCC)COC(=O)CCCCCCCCCCC(O)CCCCCC. The van der Waals surface area contributed by atoms with Gasteiger partial charge in [-0.25, -0.2) is 0 Å². The van der Waals surface area contributed by atoms with E-state index in [1.165, 1.54) is 116 Å². The van der Waals surface area contributed by atoms with Crippen LogP contribution in [0.25, 0.3) is 0 Å². The lowest BCUT2D eigenvalue weighted by molar-refractivity contribution is -0.175. The second-order valence-electron chi connectivity index (χ2n) is 42.7. The van der Waals surface area contributed by atoms with Crippen LogP contribution in [0.1, 0.15) is 619 Å². The summed E-state index contributed by atoms with van der Waals surface area (Å²) in [6.07, 6.45) is 84.3. The van der Waals surface area contributed by atoms with Crippen LogP contribution in [0.4, 0.5) is 0 Å². The first kappa shape index (κ1) is 134. The highest BCUT2D eigenvalue weighted by Gasteiger charge is 2.41. The van der Waals surface area contributed by atoms with Crippen LogP contribution in [0.5, 0.6) is 0 Å². The number of aliphatic hydroxyl groups is 6. The summed E-state index contributed by atoms with van der Waals surface area (Å²) in [6, 6.07) is 0. The minimum atomic E-state index is -1.46. The van der Waals surface area contributed by atoms with Crippen molar-refractivity contribution in [3.8, 4) is 0 Å². The number of esters is 6. The topological polar surface area (TPSA) is 288 Å². The molecule has 6 atom stereocenters. The molecule has 6 N–H and O–H groups in total. The summed E-state index contributed by atoms with van der Waals surface area (Å²) in [5.41, 5.74) is -2.92. The zero-order valence-electron chi connectivity index (χ0n) is 90.8. The molecular weight excluding hydrogens is 1720 g/mol. The van der Waals surface area contributed by atoms with Crippen molar-refractivity contribution in [2.45, 2.75) is 656 Å². The third-order valence-electron chi connectivity index (χ3n) is 28.4. The molecule has 0 rings (SSSR count). The molecule has 0 fully saturated rings. The third-order valence-corrected chi connectivity index (χ3v) is 28.4. The standard InChI is InChI=1S/C118H226O19/c1-7-13-19-61-79-105(119)85-67-49-37-25-31-43-55-73-91-111(125)132-99-117(100-133-112(126)92-74-56-44-32-26-38-50-68-86-106(120)80-62-20-14-8-2,101-134-113(127)93-75-57-45-33-27-39-51-69-87-107(121)81-63-21-15-9-3)97-131-98-118(102-135-114(128)94-76-58-46-34-28-40-52-70-88-108(122)82-64-22-16-10-4,103-136-115(129)95-77-59-47-35-29-41-53-71-89-109(123)83-65-23-17-11-5)104-137-116(130)96-78-60-48-36-30-42-54-72-90-110(124)84-66-24-18-12-6/h105-110,119-124H,7-104H2,1-6H3. The number of hydrogen-bond acceptors (Lipinski definition) is 19. The molecule has 0 aliphatic heterocycles.